The minimum atomic E-state index is 0.318. The van der Waals surface area contributed by atoms with Crippen molar-refractivity contribution in [3.05, 3.63) is 4.73 Å². The quantitative estimate of drug-likeness (QED) is 0.851. The first-order valence-electron chi connectivity index (χ1n) is 3.09. The van der Waals surface area contributed by atoms with Crippen LogP contribution >= 0.6 is 27.7 Å². The van der Waals surface area contributed by atoms with Gasteiger partial charge in [-0.1, -0.05) is 0 Å². The van der Waals surface area contributed by atoms with Crippen molar-refractivity contribution in [2.24, 2.45) is 0 Å². The van der Waals surface area contributed by atoms with E-state index >= 15 is 0 Å². The van der Waals surface area contributed by atoms with Crippen LogP contribution in [0, 0.1) is 0 Å². The van der Waals surface area contributed by atoms with E-state index in [1.165, 1.54) is 0 Å². The molecule has 0 saturated carbocycles. The normalized spacial score (nSPS) is 10.4. The van der Waals surface area contributed by atoms with Gasteiger partial charge in [-0.05, 0) is 22.2 Å². The summed E-state index contributed by atoms with van der Waals surface area (Å²) >= 11 is 5.01. The van der Waals surface area contributed by atoms with Crippen molar-refractivity contribution in [2.45, 2.75) is 6.54 Å². The van der Waals surface area contributed by atoms with Crippen LogP contribution < -0.4 is 5.73 Å². The van der Waals surface area contributed by atoms with Crippen LogP contribution in [0.2, 0.25) is 0 Å². The van der Waals surface area contributed by atoms with E-state index in [-0.39, 0.29) is 0 Å². The minimum absolute atomic E-state index is 0.318. The summed E-state index contributed by atoms with van der Waals surface area (Å²) in [6.45, 7) is 0.839. The first kappa shape index (κ1) is 8.86. The molecule has 1 heterocycles. The number of thioether (sulfide) groups is 1. The molecular formula is C5H9BrN4S. The minimum Gasteiger partial charge on any atom is -0.366 e. The largest absolute Gasteiger partial charge is 0.366 e. The molecule has 11 heavy (non-hydrogen) atoms. The lowest BCUT2D eigenvalue weighted by Gasteiger charge is -1.97. The van der Waals surface area contributed by atoms with E-state index in [1.807, 2.05) is 6.26 Å². The highest BCUT2D eigenvalue weighted by Crippen LogP contribution is 2.08. The summed E-state index contributed by atoms with van der Waals surface area (Å²) in [7, 11) is 0. The summed E-state index contributed by atoms with van der Waals surface area (Å²) in [5.74, 6) is 1.33. The van der Waals surface area contributed by atoms with Crippen LogP contribution in [-0.4, -0.2) is 26.8 Å². The van der Waals surface area contributed by atoms with Crippen LogP contribution in [0.1, 0.15) is 0 Å². The Balaban J connectivity index is 2.62. The van der Waals surface area contributed by atoms with Gasteiger partial charge in [0.05, 0.1) is 6.54 Å². The number of hydrogen-bond acceptors (Lipinski definition) is 4. The topological polar surface area (TPSA) is 56.7 Å². The number of aryl methyl sites for hydroxylation is 1. The third-order valence-corrected chi connectivity index (χ3v) is 2.33. The predicted molar refractivity (Wildman–Crippen MR) is 50.5 cm³/mol. The third kappa shape index (κ3) is 2.37. The lowest BCUT2D eigenvalue weighted by molar-refractivity contribution is 0.651. The van der Waals surface area contributed by atoms with Gasteiger partial charge in [0.2, 0.25) is 5.95 Å². The summed E-state index contributed by atoms with van der Waals surface area (Å²) < 4.78 is 2.44. The van der Waals surface area contributed by atoms with E-state index < -0.39 is 0 Å². The average molecular weight is 237 g/mol. The van der Waals surface area contributed by atoms with Crippen molar-refractivity contribution in [2.75, 3.05) is 17.7 Å². The van der Waals surface area contributed by atoms with E-state index in [1.54, 1.807) is 16.4 Å². The second-order valence-electron chi connectivity index (χ2n) is 1.95. The highest BCUT2D eigenvalue weighted by atomic mass is 79.9. The van der Waals surface area contributed by atoms with E-state index in [9.17, 15) is 0 Å². The SMILES string of the molecule is CSCCn1nc(N)nc1Br. The van der Waals surface area contributed by atoms with Crippen molar-refractivity contribution in [3.8, 4) is 0 Å². The van der Waals surface area contributed by atoms with Crippen LogP contribution in [-0.2, 0) is 6.54 Å². The van der Waals surface area contributed by atoms with Gasteiger partial charge in [-0.3, -0.25) is 0 Å². The molecule has 0 aliphatic heterocycles. The maximum Gasteiger partial charge on any atom is 0.240 e. The van der Waals surface area contributed by atoms with Crippen LogP contribution in [0.25, 0.3) is 0 Å². The van der Waals surface area contributed by atoms with Crippen molar-refractivity contribution in [1.29, 1.82) is 0 Å². The van der Waals surface area contributed by atoms with E-state index in [0.717, 1.165) is 12.3 Å². The van der Waals surface area contributed by atoms with Crippen molar-refractivity contribution in [3.63, 3.8) is 0 Å². The third-order valence-electron chi connectivity index (χ3n) is 1.15. The van der Waals surface area contributed by atoms with Crippen LogP contribution in [0.4, 0.5) is 5.95 Å². The molecule has 1 aromatic rings. The molecule has 0 fully saturated rings. The second-order valence-corrected chi connectivity index (χ2v) is 3.65. The zero-order chi connectivity index (χ0) is 8.27. The maximum atomic E-state index is 5.37. The van der Waals surface area contributed by atoms with E-state index in [0.29, 0.717) is 10.7 Å². The summed E-state index contributed by atoms with van der Waals surface area (Å²) in [6.07, 6.45) is 2.05. The summed E-state index contributed by atoms with van der Waals surface area (Å²) in [4.78, 5) is 3.90. The Morgan fingerprint density at radius 1 is 1.73 bits per heavy atom. The Morgan fingerprint density at radius 2 is 2.45 bits per heavy atom. The molecule has 0 spiro atoms. The number of nitrogens with two attached hydrogens (primary N) is 1. The lowest BCUT2D eigenvalue weighted by Crippen LogP contribution is -2.03. The van der Waals surface area contributed by atoms with Gasteiger partial charge in [0.1, 0.15) is 0 Å². The second kappa shape index (κ2) is 3.96. The lowest BCUT2D eigenvalue weighted by atomic mass is 10.8. The zero-order valence-electron chi connectivity index (χ0n) is 6.12. The summed E-state index contributed by atoms with van der Waals surface area (Å²) in [5.41, 5.74) is 5.37. The fraction of sp³-hybridized carbons (Fsp3) is 0.600. The molecule has 0 saturated heterocycles. The van der Waals surface area contributed by atoms with Crippen LogP contribution in [0.15, 0.2) is 4.73 Å². The van der Waals surface area contributed by atoms with E-state index in [4.69, 9.17) is 5.73 Å². The van der Waals surface area contributed by atoms with Gasteiger partial charge in [0.25, 0.3) is 0 Å². The van der Waals surface area contributed by atoms with E-state index in [2.05, 4.69) is 26.0 Å². The highest BCUT2D eigenvalue weighted by molar-refractivity contribution is 9.10. The van der Waals surface area contributed by atoms with Gasteiger partial charge in [0.15, 0.2) is 4.73 Å². The molecule has 2 N–H and O–H groups in total. The first-order chi connectivity index (χ1) is 5.24. The number of hydrogen-bond donors (Lipinski definition) is 1. The first-order valence-corrected chi connectivity index (χ1v) is 5.27. The number of nitrogens with zero attached hydrogens (tertiary/aromatic N) is 3. The fourth-order valence-electron chi connectivity index (χ4n) is 0.660. The number of halogens is 1. The summed E-state index contributed by atoms with van der Waals surface area (Å²) in [6, 6.07) is 0. The van der Waals surface area contributed by atoms with Crippen molar-refractivity contribution in [1.82, 2.24) is 14.8 Å². The molecular weight excluding hydrogens is 228 g/mol. The van der Waals surface area contributed by atoms with Gasteiger partial charge in [0, 0.05) is 5.75 Å². The Bertz CT molecular complexity index is 236. The average Bonchev–Trinajstić information content (AvgIpc) is 2.26. The molecule has 0 radical (unpaired) electrons. The summed E-state index contributed by atoms with van der Waals surface area (Å²) in [5, 5.41) is 3.97. The van der Waals surface area contributed by atoms with Crippen molar-refractivity contribution < 1.29 is 0 Å². The van der Waals surface area contributed by atoms with Gasteiger partial charge in [-0.15, -0.1) is 5.10 Å². The Labute approximate surface area is 77.7 Å². The molecule has 0 bridgehead atoms. The predicted octanol–water partition coefficient (Wildman–Crippen LogP) is 0.986. The molecule has 1 rings (SSSR count). The molecule has 0 aliphatic rings. The Morgan fingerprint density at radius 3 is 2.91 bits per heavy atom. The van der Waals surface area contributed by atoms with Crippen LogP contribution in [0.3, 0.4) is 0 Å². The Kier molecular flexibility index (Phi) is 3.19. The fourth-order valence-corrected chi connectivity index (χ4v) is 1.45. The number of anilines is 1. The van der Waals surface area contributed by atoms with Gasteiger partial charge < -0.3 is 5.73 Å². The number of aromatic nitrogens is 3. The molecule has 1 aromatic heterocycles. The maximum absolute atomic E-state index is 5.37. The number of nitrogen functional groups attached to an aromatic ring is 1. The standard InChI is InChI=1S/C5H9BrN4S/c1-11-3-2-10-4(6)8-5(7)9-10/h2-3H2,1H3,(H2,7,9). The zero-order valence-corrected chi connectivity index (χ0v) is 8.52. The van der Waals surface area contributed by atoms with Crippen molar-refractivity contribution >= 4 is 33.6 Å². The molecule has 62 valence electrons. The number of rotatable bonds is 3. The molecule has 0 aromatic carbocycles. The monoisotopic (exact) mass is 236 g/mol. The highest BCUT2D eigenvalue weighted by Gasteiger charge is 2.02. The Hall–Kier alpha value is -0.230. The smallest absolute Gasteiger partial charge is 0.240 e. The molecule has 0 amide bonds. The molecule has 4 nitrogen and oxygen atoms in total. The molecule has 0 aliphatic carbocycles. The molecule has 0 unspecified atom stereocenters. The van der Waals surface area contributed by atoms with Gasteiger partial charge >= 0.3 is 0 Å². The van der Waals surface area contributed by atoms with Gasteiger partial charge in [-0.25, -0.2) is 4.68 Å². The van der Waals surface area contributed by atoms with Crippen LogP contribution in [0.5, 0.6) is 0 Å². The molecule has 6 heteroatoms. The molecule has 0 atom stereocenters. The van der Waals surface area contributed by atoms with Gasteiger partial charge in [-0.2, -0.15) is 16.7 Å².